The van der Waals surface area contributed by atoms with Crippen LogP contribution < -0.4 is 0 Å². The van der Waals surface area contributed by atoms with E-state index in [1.54, 1.807) is 0 Å². The summed E-state index contributed by atoms with van der Waals surface area (Å²) in [6.45, 7) is 3.83. The van der Waals surface area contributed by atoms with Crippen LogP contribution in [0.5, 0.6) is 0 Å². The third-order valence-corrected chi connectivity index (χ3v) is 4.68. The van der Waals surface area contributed by atoms with Crippen molar-refractivity contribution in [3.05, 3.63) is 0 Å². The molecule has 3 atom stereocenters. The second-order valence-corrected chi connectivity index (χ2v) is 6.41. The van der Waals surface area contributed by atoms with Gasteiger partial charge in [0, 0.05) is 32.6 Å². The standard InChI is InChI=1S/C15H26N2O3/c1-11-9-12(11)10-16(2)15(20)17-8-4-3-5-13(17)6-7-14(18)19/h11-13H,3-10H2,1-2H3,(H,18,19). The Balaban J connectivity index is 1.88. The highest BCUT2D eigenvalue weighted by atomic mass is 16.4. The Morgan fingerprint density at radius 3 is 2.65 bits per heavy atom. The Morgan fingerprint density at radius 2 is 2.05 bits per heavy atom. The van der Waals surface area contributed by atoms with Crippen LogP contribution in [0.15, 0.2) is 0 Å². The SMILES string of the molecule is CC1CC1CN(C)C(=O)N1CCCCC1CCC(=O)O. The number of hydrogen-bond donors (Lipinski definition) is 1. The van der Waals surface area contributed by atoms with Gasteiger partial charge in [-0.25, -0.2) is 4.79 Å². The first-order valence-corrected chi connectivity index (χ1v) is 7.72. The smallest absolute Gasteiger partial charge is 0.319 e. The second kappa shape index (κ2) is 6.46. The molecule has 1 saturated carbocycles. The molecule has 20 heavy (non-hydrogen) atoms. The van der Waals surface area contributed by atoms with Crippen molar-refractivity contribution in [2.24, 2.45) is 11.8 Å². The number of piperidine rings is 1. The van der Waals surface area contributed by atoms with E-state index in [0.717, 1.165) is 38.3 Å². The Bertz CT molecular complexity index is 372. The summed E-state index contributed by atoms with van der Waals surface area (Å²) >= 11 is 0. The fourth-order valence-electron chi connectivity index (χ4n) is 3.15. The van der Waals surface area contributed by atoms with E-state index in [1.807, 2.05) is 16.8 Å². The molecule has 1 heterocycles. The van der Waals surface area contributed by atoms with Crippen molar-refractivity contribution in [2.45, 2.75) is 51.5 Å². The van der Waals surface area contributed by atoms with Crippen LogP contribution in [0.3, 0.4) is 0 Å². The maximum Gasteiger partial charge on any atom is 0.319 e. The number of aliphatic carboxylic acids is 1. The highest BCUT2D eigenvalue weighted by Crippen LogP contribution is 2.38. The van der Waals surface area contributed by atoms with Gasteiger partial charge in [-0.3, -0.25) is 4.79 Å². The van der Waals surface area contributed by atoms with E-state index in [1.165, 1.54) is 6.42 Å². The minimum absolute atomic E-state index is 0.0826. The van der Waals surface area contributed by atoms with E-state index in [9.17, 15) is 9.59 Å². The molecular weight excluding hydrogens is 256 g/mol. The number of carboxylic acid groups (broad SMARTS) is 1. The van der Waals surface area contributed by atoms with E-state index in [0.29, 0.717) is 12.3 Å². The van der Waals surface area contributed by atoms with Crippen LogP contribution in [0.25, 0.3) is 0 Å². The van der Waals surface area contributed by atoms with Gasteiger partial charge in [0.25, 0.3) is 0 Å². The molecule has 5 nitrogen and oxygen atoms in total. The Hall–Kier alpha value is -1.26. The van der Waals surface area contributed by atoms with E-state index in [4.69, 9.17) is 5.11 Å². The summed E-state index contributed by atoms with van der Waals surface area (Å²) in [6.07, 6.45) is 5.01. The topological polar surface area (TPSA) is 60.9 Å². The third kappa shape index (κ3) is 3.87. The first-order valence-electron chi connectivity index (χ1n) is 7.72. The monoisotopic (exact) mass is 282 g/mol. The lowest BCUT2D eigenvalue weighted by molar-refractivity contribution is -0.137. The minimum atomic E-state index is -0.775. The lowest BCUT2D eigenvalue weighted by Gasteiger charge is -2.38. The Morgan fingerprint density at radius 1 is 1.35 bits per heavy atom. The number of rotatable bonds is 5. The predicted molar refractivity (Wildman–Crippen MR) is 76.5 cm³/mol. The van der Waals surface area contributed by atoms with Crippen LogP contribution in [-0.4, -0.2) is 53.1 Å². The second-order valence-electron chi connectivity index (χ2n) is 6.41. The molecule has 0 aromatic carbocycles. The summed E-state index contributed by atoms with van der Waals surface area (Å²) in [6, 6.07) is 0.186. The van der Waals surface area contributed by atoms with Crippen LogP contribution in [0.2, 0.25) is 0 Å². The summed E-state index contributed by atoms with van der Waals surface area (Å²) in [7, 11) is 1.87. The largest absolute Gasteiger partial charge is 0.481 e. The molecule has 2 amide bonds. The zero-order valence-corrected chi connectivity index (χ0v) is 12.5. The quantitative estimate of drug-likeness (QED) is 0.842. The van der Waals surface area contributed by atoms with Gasteiger partial charge in [-0.05, 0) is 43.9 Å². The van der Waals surface area contributed by atoms with E-state index in [-0.39, 0.29) is 18.5 Å². The lowest BCUT2D eigenvalue weighted by atomic mass is 9.98. The molecule has 1 aliphatic carbocycles. The molecule has 3 unspecified atom stereocenters. The van der Waals surface area contributed by atoms with Crippen molar-refractivity contribution in [3.8, 4) is 0 Å². The highest BCUT2D eigenvalue weighted by Gasteiger charge is 2.36. The molecule has 2 rings (SSSR count). The number of hydrogen-bond acceptors (Lipinski definition) is 2. The van der Waals surface area contributed by atoms with Gasteiger partial charge < -0.3 is 14.9 Å². The lowest BCUT2D eigenvalue weighted by Crippen LogP contribution is -2.49. The highest BCUT2D eigenvalue weighted by molar-refractivity contribution is 5.75. The number of carboxylic acids is 1. The van der Waals surface area contributed by atoms with E-state index in [2.05, 4.69) is 6.92 Å². The van der Waals surface area contributed by atoms with Gasteiger partial charge in [0.15, 0.2) is 0 Å². The average Bonchev–Trinajstić information content (AvgIpc) is 3.11. The zero-order chi connectivity index (χ0) is 14.7. The van der Waals surface area contributed by atoms with Crippen LogP contribution in [0.4, 0.5) is 4.79 Å². The van der Waals surface area contributed by atoms with Gasteiger partial charge in [-0.15, -0.1) is 0 Å². The van der Waals surface area contributed by atoms with Gasteiger partial charge >= 0.3 is 12.0 Å². The molecule has 1 N–H and O–H groups in total. The number of urea groups is 1. The molecule has 0 aromatic rings. The van der Waals surface area contributed by atoms with Crippen molar-refractivity contribution in [3.63, 3.8) is 0 Å². The van der Waals surface area contributed by atoms with Crippen LogP contribution in [0, 0.1) is 11.8 Å². The molecule has 2 fully saturated rings. The number of likely N-dealkylation sites (tertiary alicyclic amines) is 1. The van der Waals surface area contributed by atoms with Crippen LogP contribution >= 0.6 is 0 Å². The fraction of sp³-hybridized carbons (Fsp3) is 0.867. The van der Waals surface area contributed by atoms with E-state index < -0.39 is 5.97 Å². The molecule has 2 aliphatic rings. The summed E-state index contributed by atoms with van der Waals surface area (Å²) in [5, 5.41) is 8.82. The van der Waals surface area contributed by atoms with Crippen LogP contribution in [0.1, 0.15) is 45.4 Å². The third-order valence-electron chi connectivity index (χ3n) is 4.68. The molecule has 114 valence electrons. The van der Waals surface area contributed by atoms with E-state index >= 15 is 0 Å². The zero-order valence-electron chi connectivity index (χ0n) is 12.5. The predicted octanol–water partition coefficient (Wildman–Crippen LogP) is 2.41. The van der Waals surface area contributed by atoms with Crippen molar-refractivity contribution in [1.29, 1.82) is 0 Å². The molecule has 1 aliphatic heterocycles. The molecule has 0 bridgehead atoms. The summed E-state index contributed by atoms with van der Waals surface area (Å²) in [5.74, 6) is 0.628. The maximum absolute atomic E-state index is 12.5. The Kier molecular flexibility index (Phi) is 4.89. The summed E-state index contributed by atoms with van der Waals surface area (Å²) in [5.41, 5.74) is 0. The molecule has 1 saturated heterocycles. The number of carbonyl (C=O) groups excluding carboxylic acids is 1. The Labute approximate surface area is 120 Å². The van der Waals surface area contributed by atoms with Gasteiger partial charge in [-0.2, -0.15) is 0 Å². The number of carbonyl (C=O) groups is 2. The maximum atomic E-state index is 12.5. The fourth-order valence-corrected chi connectivity index (χ4v) is 3.15. The summed E-state index contributed by atoms with van der Waals surface area (Å²) in [4.78, 5) is 27.0. The molecule has 0 aromatic heterocycles. The molecule has 0 spiro atoms. The normalized spacial score (nSPS) is 29.1. The minimum Gasteiger partial charge on any atom is -0.481 e. The van der Waals surface area contributed by atoms with Gasteiger partial charge in [0.2, 0.25) is 0 Å². The van der Waals surface area contributed by atoms with Gasteiger partial charge in [-0.1, -0.05) is 6.92 Å². The molecule has 5 heteroatoms. The number of nitrogens with zero attached hydrogens (tertiary/aromatic N) is 2. The first-order chi connectivity index (χ1) is 9.49. The summed E-state index contributed by atoms with van der Waals surface area (Å²) < 4.78 is 0. The van der Waals surface area contributed by atoms with Crippen molar-refractivity contribution in [2.75, 3.05) is 20.1 Å². The number of amides is 2. The molecular formula is C15H26N2O3. The molecule has 0 radical (unpaired) electrons. The van der Waals surface area contributed by atoms with Crippen molar-refractivity contribution in [1.82, 2.24) is 9.80 Å². The average molecular weight is 282 g/mol. The first kappa shape index (κ1) is 15.1. The van der Waals surface area contributed by atoms with Crippen LogP contribution in [-0.2, 0) is 4.79 Å². The van der Waals surface area contributed by atoms with Gasteiger partial charge in [0.05, 0.1) is 0 Å². The van der Waals surface area contributed by atoms with Crippen molar-refractivity contribution >= 4 is 12.0 Å². The van der Waals surface area contributed by atoms with Gasteiger partial charge in [0.1, 0.15) is 0 Å². The van der Waals surface area contributed by atoms with Crippen molar-refractivity contribution < 1.29 is 14.7 Å².